The first kappa shape index (κ1) is 27.2. The molecule has 0 spiro atoms. The van der Waals surface area contributed by atoms with E-state index in [1.54, 1.807) is 41.3 Å². The Hall–Kier alpha value is -3.80. The molecule has 0 aromatic heterocycles. The zero-order valence-electron chi connectivity index (χ0n) is 20.7. The Morgan fingerprint density at radius 2 is 1.34 bits per heavy atom. The zero-order chi connectivity index (χ0) is 26.7. The molecule has 0 radical (unpaired) electrons. The number of carbonyl (C=O) groups excluding carboxylic acids is 2. The second-order valence-electron chi connectivity index (χ2n) is 8.78. The SMILES string of the molecule is O=C(NCc1ccc(Cl)cc1)C(Cc1ccccc1)N(Cc1ccccc1)C(=O)COc1ccccc1Cl. The van der Waals surface area contributed by atoms with Crippen LogP contribution in [0.1, 0.15) is 16.7 Å². The van der Waals surface area contributed by atoms with Crippen molar-refractivity contribution in [3.8, 4) is 5.75 Å². The molecule has 5 nitrogen and oxygen atoms in total. The molecule has 0 saturated carbocycles. The van der Waals surface area contributed by atoms with E-state index in [1.165, 1.54) is 0 Å². The van der Waals surface area contributed by atoms with Crippen molar-refractivity contribution in [1.82, 2.24) is 10.2 Å². The number of para-hydroxylation sites is 1. The van der Waals surface area contributed by atoms with Gasteiger partial charge in [0, 0.05) is 24.5 Å². The van der Waals surface area contributed by atoms with Crippen LogP contribution in [0, 0.1) is 0 Å². The number of hydrogen-bond donors (Lipinski definition) is 1. The van der Waals surface area contributed by atoms with E-state index < -0.39 is 6.04 Å². The maximum atomic E-state index is 13.7. The number of ether oxygens (including phenoxy) is 1. The van der Waals surface area contributed by atoms with Crippen LogP contribution in [0.15, 0.2) is 109 Å². The van der Waals surface area contributed by atoms with Gasteiger partial charge in [-0.15, -0.1) is 0 Å². The van der Waals surface area contributed by atoms with Crippen molar-refractivity contribution in [3.05, 3.63) is 136 Å². The molecule has 194 valence electrons. The Kier molecular flexibility index (Phi) is 9.79. The fourth-order valence-electron chi connectivity index (χ4n) is 4.03. The molecule has 7 heteroatoms. The summed E-state index contributed by atoms with van der Waals surface area (Å²) in [6.45, 7) is 0.300. The molecule has 1 atom stereocenters. The van der Waals surface area contributed by atoms with Gasteiger partial charge in [-0.1, -0.05) is 108 Å². The lowest BCUT2D eigenvalue weighted by Crippen LogP contribution is -2.51. The molecule has 0 fully saturated rings. The van der Waals surface area contributed by atoms with Gasteiger partial charge in [0.05, 0.1) is 5.02 Å². The summed E-state index contributed by atoms with van der Waals surface area (Å²) in [7, 11) is 0. The summed E-state index contributed by atoms with van der Waals surface area (Å²) < 4.78 is 5.77. The minimum absolute atomic E-state index is 0.247. The van der Waals surface area contributed by atoms with Gasteiger partial charge in [0.25, 0.3) is 5.91 Å². The number of rotatable bonds is 11. The molecule has 0 heterocycles. The van der Waals surface area contributed by atoms with Gasteiger partial charge < -0.3 is 15.0 Å². The smallest absolute Gasteiger partial charge is 0.261 e. The Bertz CT molecular complexity index is 1330. The normalized spacial score (nSPS) is 11.4. The van der Waals surface area contributed by atoms with Crippen molar-refractivity contribution >= 4 is 35.0 Å². The maximum Gasteiger partial charge on any atom is 0.261 e. The number of amides is 2. The molecule has 38 heavy (non-hydrogen) atoms. The van der Waals surface area contributed by atoms with E-state index >= 15 is 0 Å². The van der Waals surface area contributed by atoms with Crippen LogP contribution in [-0.2, 0) is 29.1 Å². The van der Waals surface area contributed by atoms with E-state index in [0.29, 0.717) is 28.8 Å². The van der Waals surface area contributed by atoms with Crippen LogP contribution in [0.2, 0.25) is 10.0 Å². The third-order valence-corrected chi connectivity index (χ3v) is 6.60. The van der Waals surface area contributed by atoms with Gasteiger partial charge in [0.1, 0.15) is 11.8 Å². The van der Waals surface area contributed by atoms with Crippen LogP contribution >= 0.6 is 23.2 Å². The van der Waals surface area contributed by atoms with Crippen molar-refractivity contribution in [2.75, 3.05) is 6.61 Å². The van der Waals surface area contributed by atoms with Crippen molar-refractivity contribution in [3.63, 3.8) is 0 Å². The lowest BCUT2D eigenvalue weighted by atomic mass is 10.0. The summed E-state index contributed by atoms with van der Waals surface area (Å²) in [4.78, 5) is 28.9. The number of carbonyl (C=O) groups is 2. The fraction of sp³-hybridized carbons (Fsp3) is 0.161. The van der Waals surface area contributed by atoms with Crippen molar-refractivity contribution in [2.24, 2.45) is 0 Å². The summed E-state index contributed by atoms with van der Waals surface area (Å²) in [6.07, 6.45) is 0.345. The van der Waals surface area contributed by atoms with Crippen molar-refractivity contribution < 1.29 is 14.3 Å². The first-order valence-corrected chi connectivity index (χ1v) is 13.0. The van der Waals surface area contributed by atoms with Crippen LogP contribution in [0.3, 0.4) is 0 Å². The van der Waals surface area contributed by atoms with Gasteiger partial charge in [-0.2, -0.15) is 0 Å². The van der Waals surface area contributed by atoms with Crippen LogP contribution in [-0.4, -0.2) is 29.4 Å². The van der Waals surface area contributed by atoms with Gasteiger partial charge in [-0.3, -0.25) is 9.59 Å². The van der Waals surface area contributed by atoms with E-state index in [9.17, 15) is 9.59 Å². The molecule has 1 unspecified atom stereocenters. The quantitative estimate of drug-likeness (QED) is 0.239. The molecule has 1 N–H and O–H groups in total. The highest BCUT2D eigenvalue weighted by molar-refractivity contribution is 6.32. The average molecular weight is 547 g/mol. The second kappa shape index (κ2) is 13.7. The Balaban J connectivity index is 1.59. The highest BCUT2D eigenvalue weighted by atomic mass is 35.5. The van der Waals surface area contributed by atoms with Crippen LogP contribution in [0.5, 0.6) is 5.75 Å². The molecular formula is C31H28Cl2N2O3. The predicted octanol–water partition coefficient (Wildman–Crippen LogP) is 6.33. The lowest BCUT2D eigenvalue weighted by molar-refractivity contribution is -0.142. The van der Waals surface area contributed by atoms with E-state index in [1.807, 2.05) is 72.8 Å². The van der Waals surface area contributed by atoms with Crippen molar-refractivity contribution in [2.45, 2.75) is 25.6 Å². The second-order valence-corrected chi connectivity index (χ2v) is 9.62. The Labute approximate surface area is 233 Å². The summed E-state index contributed by atoms with van der Waals surface area (Å²) in [6, 6.07) is 32.7. The van der Waals surface area contributed by atoms with E-state index in [2.05, 4.69) is 5.32 Å². The molecule has 0 bridgehead atoms. The maximum absolute atomic E-state index is 13.7. The Morgan fingerprint density at radius 1 is 0.737 bits per heavy atom. The van der Waals surface area contributed by atoms with Gasteiger partial charge in [-0.25, -0.2) is 0 Å². The number of nitrogens with one attached hydrogen (secondary N) is 1. The van der Waals surface area contributed by atoms with Crippen LogP contribution in [0.4, 0.5) is 0 Å². The average Bonchev–Trinajstić information content (AvgIpc) is 2.95. The molecule has 4 aromatic carbocycles. The summed E-state index contributed by atoms with van der Waals surface area (Å²) in [5.74, 6) is -0.170. The van der Waals surface area contributed by atoms with Gasteiger partial charge in [-0.05, 0) is 41.0 Å². The highest BCUT2D eigenvalue weighted by Gasteiger charge is 2.30. The number of hydrogen-bond acceptors (Lipinski definition) is 3. The minimum Gasteiger partial charge on any atom is -0.482 e. The molecule has 4 rings (SSSR count). The first-order valence-electron chi connectivity index (χ1n) is 12.3. The number of nitrogens with zero attached hydrogens (tertiary/aromatic N) is 1. The van der Waals surface area contributed by atoms with Crippen LogP contribution in [0.25, 0.3) is 0 Å². The van der Waals surface area contributed by atoms with Gasteiger partial charge in [0.2, 0.25) is 5.91 Å². The molecule has 0 aliphatic carbocycles. The summed E-state index contributed by atoms with van der Waals surface area (Å²) in [5, 5.41) is 4.04. The fourth-order valence-corrected chi connectivity index (χ4v) is 4.34. The topological polar surface area (TPSA) is 58.6 Å². The molecule has 0 aliphatic heterocycles. The van der Waals surface area contributed by atoms with E-state index in [-0.39, 0.29) is 25.0 Å². The van der Waals surface area contributed by atoms with Gasteiger partial charge in [0.15, 0.2) is 6.61 Å². The number of benzene rings is 4. The zero-order valence-corrected chi connectivity index (χ0v) is 22.2. The first-order chi connectivity index (χ1) is 18.5. The third kappa shape index (κ3) is 7.85. The Morgan fingerprint density at radius 3 is 2.00 bits per heavy atom. The molecular weight excluding hydrogens is 519 g/mol. The lowest BCUT2D eigenvalue weighted by Gasteiger charge is -2.31. The molecule has 2 amide bonds. The highest BCUT2D eigenvalue weighted by Crippen LogP contribution is 2.23. The molecule has 0 saturated heterocycles. The van der Waals surface area contributed by atoms with Crippen molar-refractivity contribution in [1.29, 1.82) is 0 Å². The third-order valence-electron chi connectivity index (χ3n) is 6.03. The van der Waals surface area contributed by atoms with E-state index in [0.717, 1.165) is 16.7 Å². The van der Waals surface area contributed by atoms with Crippen LogP contribution < -0.4 is 10.1 Å². The predicted molar refractivity (Wildman–Crippen MR) is 151 cm³/mol. The number of halogens is 2. The molecule has 4 aromatic rings. The summed E-state index contributed by atoms with van der Waals surface area (Å²) >= 11 is 12.2. The largest absolute Gasteiger partial charge is 0.482 e. The van der Waals surface area contributed by atoms with E-state index in [4.69, 9.17) is 27.9 Å². The summed E-state index contributed by atoms with van der Waals surface area (Å²) in [5.41, 5.74) is 2.75. The van der Waals surface area contributed by atoms with Gasteiger partial charge >= 0.3 is 0 Å². The standard InChI is InChI=1S/C31H28Cl2N2O3/c32-26-17-15-24(16-18-26)20-34-31(37)28(19-23-9-3-1-4-10-23)35(21-25-11-5-2-6-12-25)30(36)22-38-29-14-8-7-13-27(29)33/h1-18,28H,19-22H2,(H,34,37). The molecule has 0 aliphatic rings. The minimum atomic E-state index is -0.771. The monoisotopic (exact) mass is 546 g/mol.